The molecule has 3 aromatic heterocycles. The summed E-state index contributed by atoms with van der Waals surface area (Å²) in [5.74, 6) is -0.865. The van der Waals surface area contributed by atoms with Gasteiger partial charge in [-0.15, -0.1) is 11.3 Å². The number of likely N-dealkylation sites (N-methyl/N-ethyl adjacent to an activating group) is 1. The molecule has 0 spiro atoms. The van der Waals surface area contributed by atoms with Gasteiger partial charge in [-0.2, -0.15) is 5.26 Å². The van der Waals surface area contributed by atoms with E-state index in [-0.39, 0.29) is 53.3 Å². The Morgan fingerprint density at radius 1 is 1.22 bits per heavy atom. The molecule has 9 nitrogen and oxygen atoms in total. The van der Waals surface area contributed by atoms with Crippen LogP contribution in [0.15, 0.2) is 24.4 Å². The summed E-state index contributed by atoms with van der Waals surface area (Å²) in [6.45, 7) is 7.45. The van der Waals surface area contributed by atoms with Crippen LogP contribution in [0.4, 0.5) is 0 Å². The molecule has 0 radical (unpaired) electrons. The number of hydrogen-bond acceptors (Lipinski definition) is 8. The van der Waals surface area contributed by atoms with Gasteiger partial charge in [-0.1, -0.05) is 13.8 Å². The Hall–Kier alpha value is -3.68. The van der Waals surface area contributed by atoms with Gasteiger partial charge in [-0.05, 0) is 37.6 Å². The molecule has 188 valence electrons. The van der Waals surface area contributed by atoms with Crippen molar-refractivity contribution in [2.75, 3.05) is 20.1 Å². The highest BCUT2D eigenvalue weighted by Gasteiger charge is 2.72. The molecule has 1 N–H and O–H groups in total. The van der Waals surface area contributed by atoms with Gasteiger partial charge in [0.05, 0.1) is 45.9 Å². The second-order valence-electron chi connectivity index (χ2n) is 10.8. The highest BCUT2D eigenvalue weighted by molar-refractivity contribution is 7.19. The number of likely N-dealkylation sites (tertiary alicyclic amines) is 2. The number of piperidine rings is 1. The lowest BCUT2D eigenvalue weighted by atomic mass is 9.97. The number of amides is 3. The van der Waals surface area contributed by atoms with Crippen molar-refractivity contribution in [2.24, 2.45) is 17.3 Å². The van der Waals surface area contributed by atoms with Crippen LogP contribution in [0.2, 0.25) is 0 Å². The van der Waals surface area contributed by atoms with Crippen molar-refractivity contribution in [3.8, 4) is 17.2 Å². The van der Waals surface area contributed by atoms with Crippen LogP contribution in [0.1, 0.15) is 40.5 Å². The van der Waals surface area contributed by atoms with E-state index in [1.165, 1.54) is 16.2 Å². The molecule has 6 rings (SSSR count). The maximum Gasteiger partial charge on any atom is 0.254 e. The Balaban J connectivity index is 1.37. The van der Waals surface area contributed by atoms with Gasteiger partial charge in [0.2, 0.25) is 11.8 Å². The number of nitrogens with zero attached hydrogens (tertiary/aromatic N) is 5. The van der Waals surface area contributed by atoms with Gasteiger partial charge in [0.25, 0.3) is 5.91 Å². The summed E-state index contributed by atoms with van der Waals surface area (Å²) in [6, 6.07) is 7.53. The van der Waals surface area contributed by atoms with E-state index in [4.69, 9.17) is 0 Å². The van der Waals surface area contributed by atoms with Gasteiger partial charge in [0.1, 0.15) is 11.8 Å². The van der Waals surface area contributed by atoms with Crippen molar-refractivity contribution >= 4 is 39.3 Å². The minimum absolute atomic E-state index is 0.0675. The molecule has 37 heavy (non-hydrogen) atoms. The Bertz CT molecular complexity index is 1520. The van der Waals surface area contributed by atoms with E-state index in [2.05, 4.69) is 26.3 Å². The largest absolute Gasteiger partial charge is 0.347 e. The minimum atomic E-state index is -0.247. The highest BCUT2D eigenvalue weighted by Crippen LogP contribution is 2.63. The van der Waals surface area contributed by atoms with Crippen molar-refractivity contribution in [1.82, 2.24) is 25.1 Å². The molecule has 0 bridgehead atoms. The van der Waals surface area contributed by atoms with Gasteiger partial charge in [-0.3, -0.25) is 24.3 Å². The quantitative estimate of drug-likeness (QED) is 0.520. The van der Waals surface area contributed by atoms with Gasteiger partial charge >= 0.3 is 0 Å². The molecule has 1 aliphatic carbocycles. The van der Waals surface area contributed by atoms with Crippen LogP contribution in [0.5, 0.6) is 0 Å². The lowest BCUT2D eigenvalue weighted by Gasteiger charge is -2.36. The Labute approximate surface area is 218 Å². The number of hydrogen-bond donors (Lipinski definition) is 1. The Kier molecular flexibility index (Phi) is 5.23. The first-order chi connectivity index (χ1) is 17.6. The number of rotatable bonds is 5. The van der Waals surface area contributed by atoms with E-state index in [9.17, 15) is 19.6 Å². The molecule has 0 aromatic carbocycles. The Morgan fingerprint density at radius 2 is 1.92 bits per heavy atom. The van der Waals surface area contributed by atoms with Crippen LogP contribution in [-0.4, -0.2) is 63.7 Å². The molecule has 5 heterocycles. The third kappa shape index (κ3) is 3.64. The molecule has 2 unspecified atom stereocenters. The fourth-order valence-electron chi connectivity index (χ4n) is 5.87. The third-order valence-electron chi connectivity index (χ3n) is 7.90. The van der Waals surface area contributed by atoms with Gasteiger partial charge in [0, 0.05) is 35.3 Å². The molecular formula is C27H26N6O3S. The number of fused-ring (bicyclic) bond motifs is 2. The number of nitriles is 1. The van der Waals surface area contributed by atoms with Crippen LogP contribution < -0.4 is 5.32 Å². The van der Waals surface area contributed by atoms with Gasteiger partial charge < -0.3 is 10.2 Å². The van der Waals surface area contributed by atoms with E-state index >= 15 is 0 Å². The molecule has 3 aromatic rings. The highest BCUT2D eigenvalue weighted by atomic mass is 32.1. The van der Waals surface area contributed by atoms with Crippen LogP contribution >= 0.6 is 11.3 Å². The summed E-state index contributed by atoms with van der Waals surface area (Å²) in [5.41, 5.74) is 2.99. The van der Waals surface area contributed by atoms with Crippen molar-refractivity contribution < 1.29 is 14.4 Å². The zero-order valence-electron chi connectivity index (χ0n) is 21.0. The number of pyridine rings is 2. The smallest absolute Gasteiger partial charge is 0.254 e. The number of nitrogens with one attached hydrogen (secondary N) is 1. The van der Waals surface area contributed by atoms with Crippen molar-refractivity contribution in [3.05, 3.63) is 46.2 Å². The molecule has 1 saturated carbocycles. The predicted molar refractivity (Wildman–Crippen MR) is 137 cm³/mol. The summed E-state index contributed by atoms with van der Waals surface area (Å²) in [6.07, 6.45) is 1.67. The number of imide groups is 1. The van der Waals surface area contributed by atoms with Gasteiger partial charge in [-0.25, -0.2) is 4.98 Å². The molecule has 2 aliphatic heterocycles. The molecule has 10 heteroatoms. The van der Waals surface area contributed by atoms with Crippen molar-refractivity contribution in [2.45, 2.75) is 33.4 Å². The molecule has 3 fully saturated rings. The fraction of sp³-hybridized carbons (Fsp3) is 0.407. The normalized spacial score (nSPS) is 22.6. The standard InChI is InChI=1S/C27H26N6O3S/c1-13-20(24(34)31-15-10-32(4)11-15)18(7-14(9-28)30-13)17-5-6-29-19-8-16(37-23(17)19)12-33-25(35)21-22(26(33)36)27(21,2)3/h5-8,15,21-22H,10-12H2,1-4H3,(H,31,34). The second-order valence-corrected chi connectivity index (χ2v) is 12.0. The zero-order chi connectivity index (χ0) is 26.2. The maximum absolute atomic E-state index is 13.4. The number of carbonyl (C=O) groups excluding carboxylic acids is 3. The average molecular weight is 515 g/mol. The first-order valence-electron chi connectivity index (χ1n) is 12.2. The average Bonchev–Trinajstić information content (AvgIpc) is 3.08. The number of aryl methyl sites for hydroxylation is 1. The van der Waals surface area contributed by atoms with Gasteiger partial charge in [0.15, 0.2) is 0 Å². The fourth-order valence-corrected chi connectivity index (χ4v) is 7.00. The van der Waals surface area contributed by atoms with E-state index < -0.39 is 0 Å². The number of carbonyl (C=O) groups is 3. The molecule has 3 aliphatic rings. The Morgan fingerprint density at radius 3 is 2.57 bits per heavy atom. The van der Waals surface area contributed by atoms with Crippen molar-refractivity contribution in [1.29, 1.82) is 5.26 Å². The zero-order valence-corrected chi connectivity index (χ0v) is 21.8. The van der Waals surface area contributed by atoms with E-state index in [0.717, 1.165) is 28.2 Å². The second kappa shape index (κ2) is 8.16. The molecule has 2 atom stereocenters. The maximum atomic E-state index is 13.4. The molecule has 2 saturated heterocycles. The lowest BCUT2D eigenvalue weighted by Crippen LogP contribution is -2.57. The minimum Gasteiger partial charge on any atom is -0.347 e. The summed E-state index contributed by atoms with van der Waals surface area (Å²) < 4.78 is 0.828. The van der Waals surface area contributed by atoms with E-state index in [1.54, 1.807) is 19.2 Å². The first kappa shape index (κ1) is 23.7. The van der Waals surface area contributed by atoms with Crippen molar-refractivity contribution in [3.63, 3.8) is 0 Å². The third-order valence-corrected chi connectivity index (χ3v) is 9.04. The SMILES string of the molecule is Cc1nc(C#N)cc(-c2ccnc3cc(CN4C(=O)C5C(C4=O)C5(C)C)sc23)c1C(=O)NC1CN(C)C1. The summed E-state index contributed by atoms with van der Waals surface area (Å²) in [7, 11) is 2.00. The van der Waals surface area contributed by atoms with Crippen LogP contribution in [0, 0.1) is 35.5 Å². The summed E-state index contributed by atoms with van der Waals surface area (Å²) >= 11 is 1.44. The monoisotopic (exact) mass is 514 g/mol. The van der Waals surface area contributed by atoms with Crippen LogP contribution in [-0.2, 0) is 16.1 Å². The number of aromatic nitrogens is 2. The topological polar surface area (TPSA) is 119 Å². The lowest BCUT2D eigenvalue weighted by molar-refractivity contribution is -0.143. The van der Waals surface area contributed by atoms with E-state index in [1.807, 2.05) is 33.0 Å². The van der Waals surface area contributed by atoms with Crippen LogP contribution in [0.3, 0.4) is 0 Å². The molecule has 3 amide bonds. The predicted octanol–water partition coefficient (Wildman–Crippen LogP) is 2.72. The first-order valence-corrected chi connectivity index (χ1v) is 13.1. The van der Waals surface area contributed by atoms with Crippen LogP contribution in [0.25, 0.3) is 21.3 Å². The van der Waals surface area contributed by atoms with E-state index in [0.29, 0.717) is 22.3 Å². The molecular weight excluding hydrogens is 488 g/mol. The summed E-state index contributed by atoms with van der Waals surface area (Å²) in [5, 5.41) is 12.7. The number of thiophene rings is 1. The summed E-state index contributed by atoms with van der Waals surface area (Å²) in [4.78, 5) is 52.2.